The Balaban J connectivity index is 1.77. The summed E-state index contributed by atoms with van der Waals surface area (Å²) < 4.78 is 0. The van der Waals surface area contributed by atoms with Crippen molar-refractivity contribution in [3.63, 3.8) is 0 Å². The Labute approximate surface area is 170 Å². The van der Waals surface area contributed by atoms with E-state index < -0.39 is 0 Å². The summed E-state index contributed by atoms with van der Waals surface area (Å²) in [7, 11) is 1.78. The first-order valence-electron chi connectivity index (χ1n) is 9.85. The first-order valence-corrected chi connectivity index (χ1v) is 10.2. The number of nitrogens with one attached hydrogen (secondary N) is 1. The highest BCUT2D eigenvalue weighted by Gasteiger charge is 2.27. The van der Waals surface area contributed by atoms with Crippen molar-refractivity contribution in [2.75, 3.05) is 11.9 Å². The highest BCUT2D eigenvalue weighted by molar-refractivity contribution is 6.34. The van der Waals surface area contributed by atoms with E-state index in [0.717, 1.165) is 47.2 Å². The molecule has 1 aliphatic heterocycles. The number of hydrogen-bond acceptors (Lipinski definition) is 3. The van der Waals surface area contributed by atoms with Crippen LogP contribution < -0.4 is 10.2 Å². The van der Waals surface area contributed by atoms with Crippen molar-refractivity contribution in [2.24, 2.45) is 0 Å². The molecule has 6 heteroatoms. The van der Waals surface area contributed by atoms with Crippen molar-refractivity contribution in [1.29, 1.82) is 0 Å². The summed E-state index contributed by atoms with van der Waals surface area (Å²) in [5.41, 5.74) is 6.34. The Bertz CT molecular complexity index is 957. The van der Waals surface area contributed by atoms with E-state index in [0.29, 0.717) is 24.3 Å². The molecule has 1 N–H and O–H groups in total. The number of aryl methyl sites for hydroxylation is 1. The van der Waals surface area contributed by atoms with Gasteiger partial charge in [0.05, 0.1) is 16.8 Å². The number of carbonyl (C=O) groups excluding carboxylic acids is 2. The molecule has 0 saturated heterocycles. The van der Waals surface area contributed by atoms with Crippen molar-refractivity contribution in [3.05, 3.63) is 46.2 Å². The molecule has 1 unspecified atom stereocenters. The number of fused-ring (bicyclic) bond motifs is 2. The second kappa shape index (κ2) is 7.55. The van der Waals surface area contributed by atoms with E-state index in [1.807, 2.05) is 25.4 Å². The molecular weight excluding hydrogens is 374 g/mol. The van der Waals surface area contributed by atoms with Crippen molar-refractivity contribution < 1.29 is 9.59 Å². The zero-order valence-electron chi connectivity index (χ0n) is 16.2. The lowest BCUT2D eigenvalue weighted by atomic mass is 9.84. The predicted molar refractivity (Wildman–Crippen MR) is 111 cm³/mol. The molecule has 1 atom stereocenters. The van der Waals surface area contributed by atoms with Gasteiger partial charge in [-0.2, -0.15) is 0 Å². The minimum Gasteiger partial charge on any atom is -0.349 e. The lowest BCUT2D eigenvalue weighted by Gasteiger charge is -2.29. The maximum Gasteiger partial charge on any atom is 0.227 e. The predicted octanol–water partition coefficient (Wildman–Crippen LogP) is 4.21. The summed E-state index contributed by atoms with van der Waals surface area (Å²) in [4.78, 5) is 30.1. The zero-order valence-corrected chi connectivity index (χ0v) is 17.0. The number of hydrogen-bond donors (Lipinski definition) is 1. The average Bonchev–Trinajstić information content (AvgIpc) is 2.70. The van der Waals surface area contributed by atoms with E-state index in [1.165, 1.54) is 5.56 Å². The number of anilines is 1. The average molecular weight is 398 g/mol. The van der Waals surface area contributed by atoms with Crippen molar-refractivity contribution in [1.82, 2.24) is 10.3 Å². The quantitative estimate of drug-likeness (QED) is 0.843. The normalized spacial score (nSPS) is 18.5. The number of carbonyl (C=O) groups is 2. The largest absolute Gasteiger partial charge is 0.349 e. The van der Waals surface area contributed by atoms with Gasteiger partial charge in [-0.05, 0) is 60.1 Å². The Morgan fingerprint density at radius 1 is 1.29 bits per heavy atom. The summed E-state index contributed by atoms with van der Waals surface area (Å²) in [6, 6.07) is 4.08. The molecule has 0 fully saturated rings. The molecule has 2 heterocycles. The third-order valence-corrected chi connectivity index (χ3v) is 6.10. The lowest BCUT2D eigenvalue weighted by molar-refractivity contribution is -0.121. The summed E-state index contributed by atoms with van der Waals surface area (Å²) in [6.07, 6.45) is 8.35. The van der Waals surface area contributed by atoms with Gasteiger partial charge >= 0.3 is 0 Å². The third kappa shape index (κ3) is 3.28. The highest BCUT2D eigenvalue weighted by atomic mass is 35.5. The SMILES string of the molecule is CCC(=O)NC1CCCc2c(-c3cc(Cl)c4c(c3)CCC(=O)N4C)cncc21. The smallest absolute Gasteiger partial charge is 0.227 e. The molecule has 2 aromatic rings. The topological polar surface area (TPSA) is 62.3 Å². The van der Waals surface area contributed by atoms with Crippen LogP contribution in [0, 0.1) is 0 Å². The first-order chi connectivity index (χ1) is 13.5. The van der Waals surface area contributed by atoms with Crippen molar-refractivity contribution >= 4 is 29.1 Å². The summed E-state index contributed by atoms with van der Waals surface area (Å²) in [5, 5.41) is 3.72. The van der Waals surface area contributed by atoms with Crippen LogP contribution in [0.25, 0.3) is 11.1 Å². The van der Waals surface area contributed by atoms with E-state index >= 15 is 0 Å². The molecule has 146 valence electrons. The van der Waals surface area contributed by atoms with Crippen LogP contribution in [-0.2, 0) is 22.4 Å². The van der Waals surface area contributed by atoms with Crippen LogP contribution in [-0.4, -0.2) is 23.8 Å². The van der Waals surface area contributed by atoms with E-state index in [4.69, 9.17) is 11.6 Å². The fourth-order valence-corrected chi connectivity index (χ4v) is 4.69. The van der Waals surface area contributed by atoms with E-state index in [-0.39, 0.29) is 17.9 Å². The lowest BCUT2D eigenvalue weighted by Crippen LogP contribution is -2.31. The number of amides is 2. The van der Waals surface area contributed by atoms with Crippen LogP contribution >= 0.6 is 11.6 Å². The van der Waals surface area contributed by atoms with Gasteiger partial charge in [0.1, 0.15) is 0 Å². The number of halogens is 1. The standard InChI is InChI=1S/C22H24ClN3O2/c1-3-20(27)25-19-6-4-5-15-16(11-24-12-17(15)19)14-9-13-7-8-21(28)26(2)22(13)18(23)10-14/h9-12,19H,3-8H2,1-2H3,(H,25,27). The summed E-state index contributed by atoms with van der Waals surface area (Å²) in [5.74, 6) is 0.156. The van der Waals surface area contributed by atoms with E-state index in [2.05, 4.69) is 16.4 Å². The van der Waals surface area contributed by atoms with Gasteiger partial charge in [0.25, 0.3) is 0 Å². The van der Waals surface area contributed by atoms with Crippen LogP contribution in [0.4, 0.5) is 5.69 Å². The monoisotopic (exact) mass is 397 g/mol. The molecule has 4 rings (SSSR count). The van der Waals surface area contributed by atoms with Crippen LogP contribution in [0.15, 0.2) is 24.5 Å². The fourth-order valence-electron chi connectivity index (χ4n) is 4.33. The Kier molecular flexibility index (Phi) is 5.11. The van der Waals surface area contributed by atoms with Gasteiger partial charge < -0.3 is 10.2 Å². The number of nitrogens with zero attached hydrogens (tertiary/aromatic N) is 2. The second-order valence-electron chi connectivity index (χ2n) is 7.54. The summed E-state index contributed by atoms with van der Waals surface area (Å²) in [6.45, 7) is 1.87. The molecule has 5 nitrogen and oxygen atoms in total. The van der Waals surface area contributed by atoms with Gasteiger partial charge in [-0.25, -0.2) is 0 Å². The third-order valence-electron chi connectivity index (χ3n) is 5.81. The molecule has 0 saturated carbocycles. The molecule has 2 aliphatic rings. The van der Waals surface area contributed by atoms with Gasteiger partial charge in [-0.3, -0.25) is 14.6 Å². The minimum absolute atomic E-state index is 0.0144. The van der Waals surface area contributed by atoms with Gasteiger partial charge in [0.15, 0.2) is 0 Å². The maximum absolute atomic E-state index is 12.0. The Hall–Kier alpha value is -2.40. The Morgan fingerprint density at radius 2 is 2.11 bits per heavy atom. The van der Waals surface area contributed by atoms with Crippen LogP contribution in [0.1, 0.15) is 55.3 Å². The molecule has 0 radical (unpaired) electrons. The van der Waals surface area contributed by atoms with Crippen molar-refractivity contribution in [3.8, 4) is 11.1 Å². The maximum atomic E-state index is 12.0. The number of rotatable bonds is 3. The molecule has 28 heavy (non-hydrogen) atoms. The first kappa shape index (κ1) is 18.9. The number of benzene rings is 1. The highest BCUT2D eigenvalue weighted by Crippen LogP contribution is 2.41. The summed E-state index contributed by atoms with van der Waals surface area (Å²) >= 11 is 6.59. The van der Waals surface area contributed by atoms with Gasteiger partial charge in [-0.1, -0.05) is 18.5 Å². The molecule has 1 aromatic heterocycles. The van der Waals surface area contributed by atoms with Gasteiger partial charge in [0, 0.05) is 37.8 Å². The molecule has 0 bridgehead atoms. The van der Waals surface area contributed by atoms with E-state index in [1.54, 1.807) is 11.9 Å². The number of aromatic nitrogens is 1. The molecule has 1 aromatic carbocycles. The molecule has 2 amide bonds. The second-order valence-corrected chi connectivity index (χ2v) is 7.95. The minimum atomic E-state index is 0.0144. The van der Waals surface area contributed by atoms with Crippen LogP contribution in [0.2, 0.25) is 5.02 Å². The molecular formula is C22H24ClN3O2. The van der Waals surface area contributed by atoms with Gasteiger partial charge in [-0.15, -0.1) is 0 Å². The zero-order chi connectivity index (χ0) is 19.8. The van der Waals surface area contributed by atoms with Gasteiger partial charge in [0.2, 0.25) is 11.8 Å². The van der Waals surface area contributed by atoms with Crippen LogP contribution in [0.3, 0.4) is 0 Å². The number of pyridine rings is 1. The van der Waals surface area contributed by atoms with Crippen molar-refractivity contribution in [2.45, 2.75) is 51.5 Å². The Morgan fingerprint density at radius 3 is 2.89 bits per heavy atom. The molecule has 0 spiro atoms. The van der Waals surface area contributed by atoms with E-state index in [9.17, 15) is 9.59 Å². The van der Waals surface area contributed by atoms with Crippen LogP contribution in [0.5, 0.6) is 0 Å². The fraction of sp³-hybridized carbons (Fsp3) is 0.409. The molecule has 1 aliphatic carbocycles.